The molecule has 2 fully saturated rings. The van der Waals surface area contributed by atoms with E-state index in [2.05, 4.69) is 10.3 Å². The summed E-state index contributed by atoms with van der Waals surface area (Å²) in [6, 6.07) is 2.94. The molecule has 6 nitrogen and oxygen atoms in total. The van der Waals surface area contributed by atoms with Gasteiger partial charge in [0.2, 0.25) is 5.91 Å². The highest BCUT2D eigenvalue weighted by molar-refractivity contribution is 7.89. The minimum atomic E-state index is -3.88. The Labute approximate surface area is 156 Å². The van der Waals surface area contributed by atoms with Crippen LogP contribution in [0.15, 0.2) is 23.4 Å². The zero-order valence-electron chi connectivity index (χ0n) is 15.2. The van der Waals surface area contributed by atoms with Crippen molar-refractivity contribution in [3.63, 3.8) is 0 Å². The molecule has 144 valence electrons. The second-order valence-corrected chi connectivity index (χ2v) is 9.23. The average Bonchev–Trinajstić information content (AvgIpc) is 2.90. The first-order valence-corrected chi connectivity index (χ1v) is 11.3. The number of nitrogens with two attached hydrogens (primary N) is 1. The maximum atomic E-state index is 13.0. The Balaban J connectivity index is 1.72. The molecule has 0 radical (unpaired) electrons. The molecule has 0 spiro atoms. The average molecular weight is 380 g/mol. The number of nitrogens with zero attached hydrogens (tertiary/aromatic N) is 1. The number of sulfonamides is 1. The van der Waals surface area contributed by atoms with E-state index in [1.165, 1.54) is 57.2 Å². The molecule has 1 amide bonds. The summed E-state index contributed by atoms with van der Waals surface area (Å²) in [5.74, 6) is 1.11. The highest BCUT2D eigenvalue weighted by Crippen LogP contribution is 2.41. The summed E-state index contributed by atoms with van der Waals surface area (Å²) in [5.41, 5.74) is 0.444. The monoisotopic (exact) mass is 379 g/mol. The van der Waals surface area contributed by atoms with Crippen LogP contribution in [0.1, 0.15) is 64.2 Å². The van der Waals surface area contributed by atoms with E-state index in [1.807, 2.05) is 0 Å². The number of carbonyl (C=O) groups excluding carboxylic acids is 1. The Bertz CT molecular complexity index is 727. The first-order valence-electron chi connectivity index (χ1n) is 9.75. The predicted molar refractivity (Wildman–Crippen MR) is 101 cm³/mol. The molecule has 2 saturated carbocycles. The molecule has 3 N–H and O–H groups in total. The standard InChI is InChI=1S/C19H29N3O3S/c20-26(24,25)18-13-15(11-12-21-18)22-19(23)17-10-6-5-9-16(17)14-7-3-1-2-4-8-14/h11-14,16-17H,1-10H2,(H2,20,24,25)(H,21,22,23)/t16-,17?/m1/s1. The Hall–Kier alpha value is -1.47. The molecule has 0 bridgehead atoms. The molecule has 1 heterocycles. The van der Waals surface area contributed by atoms with Gasteiger partial charge in [0.05, 0.1) is 0 Å². The molecule has 7 heteroatoms. The Kier molecular flexibility index (Phi) is 6.29. The third-order valence-corrected chi connectivity index (χ3v) is 6.76. The van der Waals surface area contributed by atoms with E-state index in [-0.39, 0.29) is 16.9 Å². The lowest BCUT2D eigenvalue weighted by Crippen LogP contribution is -2.35. The molecule has 1 aromatic heterocycles. The second kappa shape index (κ2) is 8.48. The van der Waals surface area contributed by atoms with Crippen LogP contribution in [0.3, 0.4) is 0 Å². The summed E-state index contributed by atoms with van der Waals surface area (Å²) < 4.78 is 22.9. The quantitative estimate of drug-likeness (QED) is 0.782. The number of anilines is 1. The summed E-state index contributed by atoms with van der Waals surface area (Å²) in [5, 5.41) is 7.82. The molecule has 1 aromatic rings. The number of pyridine rings is 1. The number of hydrogen-bond acceptors (Lipinski definition) is 4. The first-order chi connectivity index (χ1) is 12.4. The molecular weight excluding hydrogens is 350 g/mol. The lowest BCUT2D eigenvalue weighted by Gasteiger charge is -2.36. The minimum Gasteiger partial charge on any atom is -0.326 e. The van der Waals surface area contributed by atoms with E-state index in [0.29, 0.717) is 17.5 Å². The van der Waals surface area contributed by atoms with Gasteiger partial charge in [-0.2, -0.15) is 0 Å². The van der Waals surface area contributed by atoms with Crippen LogP contribution in [0.5, 0.6) is 0 Å². The van der Waals surface area contributed by atoms with Crippen LogP contribution >= 0.6 is 0 Å². The summed E-state index contributed by atoms with van der Waals surface area (Å²) in [6.07, 6.45) is 13.3. The van der Waals surface area contributed by atoms with Gasteiger partial charge in [0.15, 0.2) is 5.03 Å². The van der Waals surface area contributed by atoms with Gasteiger partial charge in [0.1, 0.15) is 0 Å². The van der Waals surface area contributed by atoms with Gasteiger partial charge in [-0.3, -0.25) is 4.79 Å². The SMILES string of the molecule is NS(=O)(=O)c1cc(NC(=O)C2CCCC[C@@H]2C2CCCCCC2)ccn1. The van der Waals surface area contributed by atoms with Crippen LogP contribution in [-0.4, -0.2) is 19.3 Å². The molecule has 3 rings (SSSR count). The minimum absolute atomic E-state index is 0.00511. The number of amides is 1. The smallest absolute Gasteiger partial charge is 0.255 e. The molecule has 26 heavy (non-hydrogen) atoms. The van der Waals surface area contributed by atoms with Gasteiger partial charge in [-0.05, 0) is 30.7 Å². The van der Waals surface area contributed by atoms with Gasteiger partial charge >= 0.3 is 0 Å². The number of aromatic nitrogens is 1. The Morgan fingerprint density at radius 1 is 1.04 bits per heavy atom. The van der Waals surface area contributed by atoms with E-state index in [0.717, 1.165) is 19.3 Å². The fraction of sp³-hybridized carbons (Fsp3) is 0.684. The van der Waals surface area contributed by atoms with Gasteiger partial charge in [-0.1, -0.05) is 51.4 Å². The number of hydrogen-bond donors (Lipinski definition) is 2. The van der Waals surface area contributed by atoms with Crippen LogP contribution in [0.2, 0.25) is 0 Å². The summed E-state index contributed by atoms with van der Waals surface area (Å²) >= 11 is 0. The van der Waals surface area contributed by atoms with Crippen molar-refractivity contribution in [3.05, 3.63) is 18.3 Å². The summed E-state index contributed by atoms with van der Waals surface area (Å²) in [4.78, 5) is 16.7. The third-order valence-electron chi connectivity index (χ3n) is 5.96. The Morgan fingerprint density at radius 2 is 1.69 bits per heavy atom. The van der Waals surface area contributed by atoms with E-state index < -0.39 is 10.0 Å². The molecule has 1 unspecified atom stereocenters. The fourth-order valence-corrected chi connectivity index (χ4v) is 5.17. The fourth-order valence-electron chi connectivity index (χ4n) is 4.67. The number of rotatable bonds is 4. The van der Waals surface area contributed by atoms with Crippen LogP contribution in [0, 0.1) is 17.8 Å². The molecule has 2 aliphatic rings. The van der Waals surface area contributed by atoms with E-state index in [4.69, 9.17) is 5.14 Å². The zero-order chi connectivity index (χ0) is 18.6. The van der Waals surface area contributed by atoms with Gasteiger partial charge in [-0.25, -0.2) is 18.5 Å². The van der Waals surface area contributed by atoms with Crippen LogP contribution in [-0.2, 0) is 14.8 Å². The topological polar surface area (TPSA) is 102 Å². The van der Waals surface area contributed by atoms with Gasteiger partial charge in [-0.15, -0.1) is 0 Å². The van der Waals surface area contributed by atoms with E-state index >= 15 is 0 Å². The maximum Gasteiger partial charge on any atom is 0.255 e. The third kappa shape index (κ3) is 4.82. The number of primary sulfonamides is 1. The molecule has 0 aromatic carbocycles. The van der Waals surface area contributed by atoms with Gasteiger partial charge < -0.3 is 5.32 Å². The summed E-state index contributed by atoms with van der Waals surface area (Å²) in [7, 11) is -3.88. The lowest BCUT2D eigenvalue weighted by molar-refractivity contribution is -0.123. The van der Waals surface area contributed by atoms with Crippen molar-refractivity contribution in [3.8, 4) is 0 Å². The molecule has 0 saturated heterocycles. The zero-order valence-corrected chi connectivity index (χ0v) is 16.0. The molecule has 0 aliphatic heterocycles. The first kappa shape index (κ1) is 19.3. The van der Waals surface area contributed by atoms with Crippen LogP contribution < -0.4 is 10.5 Å². The van der Waals surface area contributed by atoms with E-state index in [1.54, 1.807) is 6.07 Å². The van der Waals surface area contributed by atoms with Crippen molar-refractivity contribution >= 4 is 21.6 Å². The lowest BCUT2D eigenvalue weighted by atomic mass is 9.70. The van der Waals surface area contributed by atoms with Crippen LogP contribution in [0.25, 0.3) is 0 Å². The Morgan fingerprint density at radius 3 is 2.38 bits per heavy atom. The van der Waals surface area contributed by atoms with Gasteiger partial charge in [0.25, 0.3) is 10.0 Å². The normalized spacial score (nSPS) is 25.4. The van der Waals surface area contributed by atoms with Crippen LogP contribution in [0.4, 0.5) is 5.69 Å². The van der Waals surface area contributed by atoms with Crippen molar-refractivity contribution in [1.29, 1.82) is 0 Å². The molecular formula is C19H29N3O3S. The van der Waals surface area contributed by atoms with Gasteiger partial charge in [0, 0.05) is 23.9 Å². The largest absolute Gasteiger partial charge is 0.326 e. The van der Waals surface area contributed by atoms with E-state index in [9.17, 15) is 13.2 Å². The van der Waals surface area contributed by atoms with Crippen molar-refractivity contribution in [2.24, 2.45) is 22.9 Å². The van der Waals surface area contributed by atoms with Crippen molar-refractivity contribution in [1.82, 2.24) is 4.98 Å². The predicted octanol–water partition coefficient (Wildman–Crippen LogP) is 3.44. The highest BCUT2D eigenvalue weighted by atomic mass is 32.2. The highest BCUT2D eigenvalue weighted by Gasteiger charge is 2.36. The number of carbonyl (C=O) groups is 1. The second-order valence-electron chi connectivity index (χ2n) is 7.72. The van der Waals surface area contributed by atoms with Crippen molar-refractivity contribution < 1.29 is 13.2 Å². The maximum absolute atomic E-state index is 13.0. The van der Waals surface area contributed by atoms with Crippen molar-refractivity contribution in [2.45, 2.75) is 69.2 Å². The number of nitrogens with one attached hydrogen (secondary N) is 1. The van der Waals surface area contributed by atoms with Crippen molar-refractivity contribution in [2.75, 3.05) is 5.32 Å². The molecule has 2 aliphatic carbocycles. The molecule has 2 atom stereocenters. The summed E-state index contributed by atoms with van der Waals surface area (Å²) in [6.45, 7) is 0.